The quantitative estimate of drug-likeness (QED) is 0.559. The topological polar surface area (TPSA) is 97.8 Å². The molecule has 4 aromatic rings. The van der Waals surface area contributed by atoms with E-state index in [9.17, 15) is 9.59 Å². The Morgan fingerprint density at radius 2 is 2.04 bits per heavy atom. The number of benzene rings is 1. The number of hydrogen-bond donors (Lipinski definition) is 1. The molecular weight excluding hydrogens is 352 g/mol. The molecule has 128 valence electrons. The fourth-order valence-electron chi connectivity index (χ4n) is 2.40. The third-order valence-corrected chi connectivity index (χ3v) is 4.70. The van der Waals surface area contributed by atoms with Crippen molar-refractivity contribution in [2.75, 3.05) is 0 Å². The molecule has 0 aliphatic heterocycles. The summed E-state index contributed by atoms with van der Waals surface area (Å²) in [4.78, 5) is 40.5. The van der Waals surface area contributed by atoms with Crippen LogP contribution in [0.4, 0.5) is 0 Å². The molecule has 1 aromatic carbocycles. The first kappa shape index (κ1) is 16.1. The molecule has 0 fully saturated rings. The number of nitrogens with zero attached hydrogens (tertiary/aromatic N) is 3. The smallest absolute Gasteiger partial charge is 0.358 e. The second-order valence-corrected chi connectivity index (χ2v) is 6.41. The van der Waals surface area contributed by atoms with E-state index in [0.29, 0.717) is 10.2 Å². The zero-order valence-electron chi connectivity index (χ0n) is 13.4. The molecule has 0 bridgehead atoms. The normalized spacial score (nSPS) is 10.8. The molecule has 0 saturated heterocycles. The van der Waals surface area contributed by atoms with Gasteiger partial charge in [-0.25, -0.2) is 14.8 Å². The van der Waals surface area contributed by atoms with E-state index in [2.05, 4.69) is 19.9 Å². The van der Waals surface area contributed by atoms with Crippen LogP contribution in [0.15, 0.2) is 59.8 Å². The van der Waals surface area contributed by atoms with Crippen LogP contribution >= 0.6 is 11.3 Å². The van der Waals surface area contributed by atoms with Crippen molar-refractivity contribution in [3.8, 4) is 10.4 Å². The number of nitrogens with one attached hydrogen (secondary N) is 1. The first-order valence-electron chi connectivity index (χ1n) is 7.72. The van der Waals surface area contributed by atoms with Crippen LogP contribution < -0.4 is 5.56 Å². The highest BCUT2D eigenvalue weighted by atomic mass is 32.1. The molecule has 0 spiro atoms. The summed E-state index contributed by atoms with van der Waals surface area (Å²) in [6, 6.07) is 11.6. The number of ether oxygens (including phenoxy) is 1. The summed E-state index contributed by atoms with van der Waals surface area (Å²) < 4.78 is 5.14. The van der Waals surface area contributed by atoms with E-state index < -0.39 is 5.97 Å². The van der Waals surface area contributed by atoms with E-state index in [1.165, 1.54) is 29.9 Å². The summed E-state index contributed by atoms with van der Waals surface area (Å²) in [5.74, 6) is -0.349. The molecule has 0 atom stereocenters. The zero-order valence-corrected chi connectivity index (χ0v) is 14.2. The van der Waals surface area contributed by atoms with Crippen molar-refractivity contribution in [1.29, 1.82) is 0 Å². The van der Waals surface area contributed by atoms with Crippen LogP contribution in [0.25, 0.3) is 20.7 Å². The number of esters is 1. The molecule has 0 amide bonds. The number of aromatic amines is 1. The minimum Gasteiger partial charge on any atom is -0.453 e. The van der Waals surface area contributed by atoms with Gasteiger partial charge in [0.25, 0.3) is 5.56 Å². The number of hydrogen-bond acceptors (Lipinski definition) is 7. The van der Waals surface area contributed by atoms with Crippen molar-refractivity contribution < 1.29 is 9.53 Å². The fourth-order valence-corrected chi connectivity index (χ4v) is 3.46. The lowest BCUT2D eigenvalue weighted by molar-refractivity contribution is 0.0455. The maximum atomic E-state index is 12.3. The van der Waals surface area contributed by atoms with Crippen molar-refractivity contribution >= 4 is 27.5 Å². The van der Waals surface area contributed by atoms with Crippen LogP contribution in [-0.2, 0) is 11.3 Å². The first-order chi connectivity index (χ1) is 12.7. The predicted octanol–water partition coefficient (Wildman–Crippen LogP) is 2.80. The summed E-state index contributed by atoms with van der Waals surface area (Å²) in [6.07, 6.45) is 4.18. The zero-order chi connectivity index (χ0) is 17.9. The summed E-state index contributed by atoms with van der Waals surface area (Å²) in [6.45, 7) is -0.154. The highest BCUT2D eigenvalue weighted by Crippen LogP contribution is 2.30. The van der Waals surface area contributed by atoms with Crippen molar-refractivity contribution in [1.82, 2.24) is 19.9 Å². The molecule has 0 aliphatic rings. The van der Waals surface area contributed by atoms with Crippen LogP contribution in [0.3, 0.4) is 0 Å². The van der Waals surface area contributed by atoms with Crippen molar-refractivity contribution in [3.05, 3.63) is 76.9 Å². The van der Waals surface area contributed by atoms with Crippen molar-refractivity contribution in [2.24, 2.45) is 0 Å². The van der Waals surface area contributed by atoms with Gasteiger partial charge in [-0.3, -0.25) is 9.78 Å². The summed E-state index contributed by atoms with van der Waals surface area (Å²) in [7, 11) is 0. The van der Waals surface area contributed by atoms with E-state index in [1.807, 2.05) is 36.4 Å². The van der Waals surface area contributed by atoms with Crippen LogP contribution in [0.5, 0.6) is 0 Å². The highest BCUT2D eigenvalue weighted by molar-refractivity contribution is 7.21. The number of thiophene rings is 1. The fraction of sp³-hybridized carbons (Fsp3) is 0.0556. The maximum absolute atomic E-state index is 12.3. The van der Waals surface area contributed by atoms with E-state index >= 15 is 0 Å². The number of carbonyl (C=O) groups excluding carboxylic acids is 1. The molecule has 0 saturated carbocycles. The monoisotopic (exact) mass is 364 g/mol. The van der Waals surface area contributed by atoms with Gasteiger partial charge >= 0.3 is 5.97 Å². The van der Waals surface area contributed by atoms with E-state index in [-0.39, 0.29) is 23.7 Å². The molecule has 1 N–H and O–H groups in total. The van der Waals surface area contributed by atoms with Gasteiger partial charge in [0.15, 0.2) is 5.69 Å². The third kappa shape index (κ3) is 3.22. The minimum atomic E-state index is -0.628. The van der Waals surface area contributed by atoms with Gasteiger partial charge in [0.1, 0.15) is 17.3 Å². The lowest BCUT2D eigenvalue weighted by Crippen LogP contribution is -2.14. The number of aromatic nitrogens is 4. The lowest BCUT2D eigenvalue weighted by atomic mass is 10.2. The molecule has 3 aromatic heterocycles. The van der Waals surface area contributed by atoms with Gasteiger partial charge in [0.2, 0.25) is 0 Å². The second kappa shape index (κ2) is 6.85. The van der Waals surface area contributed by atoms with Gasteiger partial charge in [0.05, 0.1) is 11.6 Å². The average molecular weight is 364 g/mol. The Morgan fingerprint density at radius 1 is 1.19 bits per heavy atom. The Bertz CT molecular complexity index is 1120. The largest absolute Gasteiger partial charge is 0.453 e. The van der Waals surface area contributed by atoms with Gasteiger partial charge in [-0.1, -0.05) is 30.3 Å². The van der Waals surface area contributed by atoms with Gasteiger partial charge in [-0.2, -0.15) is 0 Å². The SMILES string of the molecule is O=C(OCc1nc2sc(-c3ccccc3)cc2c(=O)[nH]1)c1cnccn1. The molecule has 0 aliphatic carbocycles. The van der Waals surface area contributed by atoms with Crippen molar-refractivity contribution in [3.63, 3.8) is 0 Å². The van der Waals surface area contributed by atoms with Crippen LogP contribution in [0.2, 0.25) is 0 Å². The third-order valence-electron chi connectivity index (χ3n) is 3.62. The molecule has 7 nitrogen and oxygen atoms in total. The molecular formula is C18H12N4O3S. The van der Waals surface area contributed by atoms with Gasteiger partial charge in [-0.05, 0) is 11.6 Å². The summed E-state index contributed by atoms with van der Waals surface area (Å²) in [5.41, 5.74) is 0.850. The molecule has 3 heterocycles. The van der Waals surface area contributed by atoms with Gasteiger partial charge in [-0.15, -0.1) is 11.3 Å². The Kier molecular flexibility index (Phi) is 4.24. The lowest BCUT2D eigenvalue weighted by Gasteiger charge is -2.03. The van der Waals surface area contributed by atoms with Crippen LogP contribution in [0, 0.1) is 0 Å². The molecule has 0 unspecified atom stereocenters. The Balaban J connectivity index is 1.59. The van der Waals surface area contributed by atoms with E-state index in [1.54, 1.807) is 0 Å². The van der Waals surface area contributed by atoms with Gasteiger partial charge < -0.3 is 9.72 Å². The minimum absolute atomic E-state index is 0.0958. The number of carbonyl (C=O) groups is 1. The maximum Gasteiger partial charge on any atom is 0.358 e. The Morgan fingerprint density at radius 3 is 2.81 bits per heavy atom. The van der Waals surface area contributed by atoms with E-state index in [0.717, 1.165) is 10.4 Å². The van der Waals surface area contributed by atoms with Crippen LogP contribution in [0.1, 0.15) is 16.3 Å². The van der Waals surface area contributed by atoms with Gasteiger partial charge in [0, 0.05) is 17.3 Å². The Labute approximate surface area is 151 Å². The Hall–Kier alpha value is -3.39. The summed E-state index contributed by atoms with van der Waals surface area (Å²) in [5, 5.41) is 0.512. The second-order valence-electron chi connectivity index (χ2n) is 5.37. The molecule has 0 radical (unpaired) electrons. The summed E-state index contributed by atoms with van der Waals surface area (Å²) >= 11 is 1.42. The number of rotatable bonds is 4. The predicted molar refractivity (Wildman–Crippen MR) is 96.8 cm³/mol. The van der Waals surface area contributed by atoms with Crippen molar-refractivity contribution in [2.45, 2.75) is 6.61 Å². The van der Waals surface area contributed by atoms with Crippen LogP contribution in [-0.4, -0.2) is 25.9 Å². The molecule has 4 rings (SSSR count). The molecule has 26 heavy (non-hydrogen) atoms. The standard InChI is InChI=1S/C18H12N4O3S/c23-16-12-8-14(11-4-2-1-3-5-11)26-17(12)22-15(21-16)10-25-18(24)13-9-19-6-7-20-13/h1-9H,10H2,(H,21,22,23). The number of H-pyrrole nitrogens is 1. The number of fused-ring (bicyclic) bond motifs is 1. The molecule has 8 heteroatoms. The highest BCUT2D eigenvalue weighted by Gasteiger charge is 2.13. The van der Waals surface area contributed by atoms with E-state index in [4.69, 9.17) is 4.74 Å². The average Bonchev–Trinajstić information content (AvgIpc) is 3.12. The first-order valence-corrected chi connectivity index (χ1v) is 8.53.